The van der Waals surface area contributed by atoms with Crippen LogP contribution in [0.5, 0.6) is 17.2 Å². The highest BCUT2D eigenvalue weighted by Gasteiger charge is 2.37. The van der Waals surface area contributed by atoms with Crippen LogP contribution in [0.1, 0.15) is 11.1 Å². The molecule has 0 saturated carbocycles. The molecule has 8 nitrogen and oxygen atoms in total. The molecule has 2 aromatic carbocycles. The number of hydrogen-bond acceptors (Lipinski definition) is 6. The van der Waals surface area contributed by atoms with Crippen LogP contribution < -0.4 is 24.4 Å². The minimum Gasteiger partial charge on any atom is -0.493 e. The number of nitrogens with zero attached hydrogens (tertiary/aromatic N) is 1. The van der Waals surface area contributed by atoms with E-state index in [9.17, 15) is 14.4 Å². The Morgan fingerprint density at radius 1 is 1.14 bits per heavy atom. The second-order valence-corrected chi connectivity index (χ2v) is 6.20. The zero-order valence-electron chi connectivity index (χ0n) is 15.1. The van der Waals surface area contributed by atoms with Gasteiger partial charge in [0.25, 0.3) is 11.8 Å². The van der Waals surface area contributed by atoms with E-state index in [1.54, 1.807) is 43.3 Å². The summed E-state index contributed by atoms with van der Waals surface area (Å²) in [5, 5.41) is 2.21. The number of urea groups is 1. The number of rotatable bonds is 3. The number of carbonyl (C=O) groups is 3. The highest BCUT2D eigenvalue weighted by atomic mass is 16.7. The third kappa shape index (κ3) is 2.84. The lowest BCUT2D eigenvalue weighted by Crippen LogP contribution is -2.54. The number of barbiturate groups is 1. The Labute approximate surface area is 160 Å². The van der Waals surface area contributed by atoms with Gasteiger partial charge in [-0.1, -0.05) is 18.2 Å². The van der Waals surface area contributed by atoms with Crippen molar-refractivity contribution in [1.29, 1.82) is 0 Å². The highest BCUT2D eigenvalue weighted by molar-refractivity contribution is 6.39. The van der Waals surface area contributed by atoms with Gasteiger partial charge >= 0.3 is 6.03 Å². The Morgan fingerprint density at radius 3 is 2.68 bits per heavy atom. The fourth-order valence-electron chi connectivity index (χ4n) is 3.09. The summed E-state index contributed by atoms with van der Waals surface area (Å²) in [4.78, 5) is 38.6. The predicted molar refractivity (Wildman–Crippen MR) is 99.3 cm³/mol. The molecule has 28 heavy (non-hydrogen) atoms. The first-order valence-corrected chi connectivity index (χ1v) is 8.44. The van der Waals surface area contributed by atoms with Gasteiger partial charge in [-0.25, -0.2) is 9.69 Å². The Kier molecular flexibility index (Phi) is 4.23. The summed E-state index contributed by atoms with van der Waals surface area (Å²) in [6.45, 7) is 1.83. The number of hydrogen-bond donors (Lipinski definition) is 1. The number of amides is 4. The van der Waals surface area contributed by atoms with Crippen LogP contribution in [-0.2, 0) is 9.59 Å². The van der Waals surface area contributed by atoms with E-state index in [1.807, 2.05) is 0 Å². The Morgan fingerprint density at radius 2 is 1.93 bits per heavy atom. The van der Waals surface area contributed by atoms with Gasteiger partial charge in [0.05, 0.1) is 12.8 Å². The molecule has 0 radical (unpaired) electrons. The van der Waals surface area contributed by atoms with E-state index in [-0.39, 0.29) is 12.4 Å². The van der Waals surface area contributed by atoms with E-state index in [0.29, 0.717) is 28.5 Å². The highest BCUT2D eigenvalue weighted by Crippen LogP contribution is 2.42. The molecule has 1 saturated heterocycles. The van der Waals surface area contributed by atoms with Crippen LogP contribution in [0, 0.1) is 6.92 Å². The fourth-order valence-corrected chi connectivity index (χ4v) is 3.09. The van der Waals surface area contributed by atoms with Crippen molar-refractivity contribution < 1.29 is 28.6 Å². The van der Waals surface area contributed by atoms with Crippen LogP contribution in [-0.4, -0.2) is 31.7 Å². The average molecular weight is 380 g/mol. The van der Waals surface area contributed by atoms with E-state index in [2.05, 4.69) is 5.32 Å². The average Bonchev–Trinajstić information content (AvgIpc) is 3.14. The molecule has 0 spiro atoms. The van der Waals surface area contributed by atoms with Crippen molar-refractivity contribution in [2.75, 3.05) is 18.8 Å². The van der Waals surface area contributed by atoms with Crippen LogP contribution in [0.25, 0.3) is 6.08 Å². The van der Waals surface area contributed by atoms with E-state index >= 15 is 0 Å². The van der Waals surface area contributed by atoms with Crippen molar-refractivity contribution >= 4 is 29.6 Å². The van der Waals surface area contributed by atoms with Gasteiger partial charge in [-0.15, -0.1) is 0 Å². The van der Waals surface area contributed by atoms with Gasteiger partial charge in [0, 0.05) is 0 Å². The summed E-state index contributed by atoms with van der Waals surface area (Å²) < 4.78 is 16.0. The van der Waals surface area contributed by atoms with E-state index in [0.717, 1.165) is 10.5 Å². The van der Waals surface area contributed by atoms with E-state index in [1.165, 1.54) is 13.2 Å². The maximum Gasteiger partial charge on any atom is 0.335 e. The summed E-state index contributed by atoms with van der Waals surface area (Å²) in [5.41, 5.74) is 1.46. The van der Waals surface area contributed by atoms with E-state index in [4.69, 9.17) is 14.2 Å². The van der Waals surface area contributed by atoms with Gasteiger partial charge in [0.2, 0.25) is 12.5 Å². The van der Waals surface area contributed by atoms with Crippen molar-refractivity contribution in [3.8, 4) is 17.2 Å². The number of fused-ring (bicyclic) bond motifs is 1. The maximum absolute atomic E-state index is 13.0. The molecule has 142 valence electrons. The van der Waals surface area contributed by atoms with Gasteiger partial charge in [-0.05, 0) is 42.3 Å². The maximum atomic E-state index is 13.0. The molecule has 0 aliphatic carbocycles. The second kappa shape index (κ2) is 6.73. The normalized spacial score (nSPS) is 17.1. The van der Waals surface area contributed by atoms with Crippen LogP contribution in [0.3, 0.4) is 0 Å². The Balaban J connectivity index is 1.77. The van der Waals surface area contributed by atoms with Crippen LogP contribution in [0.2, 0.25) is 0 Å². The summed E-state index contributed by atoms with van der Waals surface area (Å²) in [7, 11) is 1.48. The minimum absolute atomic E-state index is 0.0562. The van der Waals surface area contributed by atoms with Crippen LogP contribution in [0.4, 0.5) is 10.5 Å². The topological polar surface area (TPSA) is 94.2 Å². The van der Waals surface area contributed by atoms with Crippen molar-refractivity contribution in [3.05, 3.63) is 53.1 Å². The number of benzene rings is 2. The van der Waals surface area contributed by atoms with Gasteiger partial charge in [-0.2, -0.15) is 0 Å². The largest absolute Gasteiger partial charge is 0.493 e. The molecule has 2 aromatic rings. The monoisotopic (exact) mass is 380 g/mol. The molecule has 2 heterocycles. The third-order valence-electron chi connectivity index (χ3n) is 4.45. The fraction of sp³-hybridized carbons (Fsp3) is 0.150. The first-order chi connectivity index (χ1) is 13.5. The molecule has 2 aliphatic heterocycles. The molecule has 0 bridgehead atoms. The Bertz CT molecular complexity index is 1040. The van der Waals surface area contributed by atoms with Gasteiger partial charge in [-0.3, -0.25) is 14.9 Å². The molecule has 4 rings (SSSR count). The lowest BCUT2D eigenvalue weighted by molar-refractivity contribution is -0.122. The molecule has 0 atom stereocenters. The van der Waals surface area contributed by atoms with Crippen molar-refractivity contribution in [3.63, 3.8) is 0 Å². The number of carbonyl (C=O) groups excluding carboxylic acids is 3. The number of para-hydroxylation sites is 1. The van der Waals surface area contributed by atoms with Gasteiger partial charge < -0.3 is 14.2 Å². The summed E-state index contributed by atoms with van der Waals surface area (Å²) in [6.07, 6.45) is 1.39. The SMILES string of the molecule is COc1cc(/C=C2\C(=O)NC(=O)N(c3ccccc3C)C2=O)cc2c1OCO2. The van der Waals surface area contributed by atoms with Gasteiger partial charge in [0.15, 0.2) is 11.5 Å². The number of anilines is 1. The summed E-state index contributed by atoms with van der Waals surface area (Å²) in [6, 6.07) is 9.40. The quantitative estimate of drug-likeness (QED) is 0.649. The lowest BCUT2D eigenvalue weighted by Gasteiger charge is -2.27. The smallest absolute Gasteiger partial charge is 0.335 e. The number of ether oxygens (including phenoxy) is 3. The second-order valence-electron chi connectivity index (χ2n) is 6.20. The Hall–Kier alpha value is -3.81. The van der Waals surface area contributed by atoms with E-state index < -0.39 is 17.8 Å². The van der Waals surface area contributed by atoms with Crippen LogP contribution in [0.15, 0.2) is 42.0 Å². The lowest BCUT2D eigenvalue weighted by atomic mass is 10.0. The molecule has 4 amide bonds. The molecular weight excluding hydrogens is 364 g/mol. The number of imide groups is 2. The predicted octanol–water partition coefficient (Wildman–Crippen LogP) is 2.40. The molecule has 8 heteroatoms. The first-order valence-electron chi connectivity index (χ1n) is 8.44. The van der Waals surface area contributed by atoms with Crippen molar-refractivity contribution in [2.24, 2.45) is 0 Å². The molecule has 1 fully saturated rings. The molecule has 1 N–H and O–H groups in total. The standard InChI is InChI=1S/C20H16N2O6/c1-11-5-3-4-6-14(11)22-19(24)13(18(23)21-20(22)25)7-12-8-15(26-2)17-16(9-12)27-10-28-17/h3-9H,10H2,1-2H3,(H,21,23,25)/b13-7+. The van der Waals surface area contributed by atoms with Crippen LogP contribution >= 0.6 is 0 Å². The molecule has 0 unspecified atom stereocenters. The summed E-state index contributed by atoms with van der Waals surface area (Å²) in [5.74, 6) is -0.156. The molecular formula is C20H16N2O6. The third-order valence-corrected chi connectivity index (χ3v) is 4.45. The first kappa shape index (κ1) is 17.6. The summed E-state index contributed by atoms with van der Waals surface area (Å²) >= 11 is 0. The minimum atomic E-state index is -0.787. The zero-order chi connectivity index (χ0) is 19.8. The van der Waals surface area contributed by atoms with Crippen molar-refractivity contribution in [2.45, 2.75) is 6.92 Å². The molecule has 0 aromatic heterocycles. The number of methoxy groups -OCH3 is 1. The number of nitrogens with one attached hydrogen (secondary N) is 1. The zero-order valence-corrected chi connectivity index (χ0v) is 15.1. The number of aryl methyl sites for hydroxylation is 1. The van der Waals surface area contributed by atoms with Gasteiger partial charge in [0.1, 0.15) is 5.57 Å². The molecule has 2 aliphatic rings. The van der Waals surface area contributed by atoms with Crippen molar-refractivity contribution in [1.82, 2.24) is 5.32 Å².